The maximum absolute atomic E-state index is 5.69. The fourth-order valence-corrected chi connectivity index (χ4v) is 2.06. The summed E-state index contributed by atoms with van der Waals surface area (Å²) in [5, 5.41) is 4.11. The SMILES string of the molecule is Cc1ccc(OCc2ccsc2)c(CN)n1. The lowest BCUT2D eigenvalue weighted by Crippen LogP contribution is -2.05. The fraction of sp³-hybridized carbons (Fsp3) is 0.250. The van der Waals surface area contributed by atoms with Gasteiger partial charge in [-0.15, -0.1) is 0 Å². The first kappa shape index (κ1) is 11.1. The van der Waals surface area contributed by atoms with E-state index >= 15 is 0 Å². The highest BCUT2D eigenvalue weighted by Crippen LogP contribution is 2.18. The number of aryl methyl sites for hydroxylation is 1. The molecule has 4 heteroatoms. The molecule has 16 heavy (non-hydrogen) atoms. The van der Waals surface area contributed by atoms with Gasteiger partial charge in [0.2, 0.25) is 0 Å². The Labute approximate surface area is 98.9 Å². The maximum Gasteiger partial charge on any atom is 0.142 e. The summed E-state index contributed by atoms with van der Waals surface area (Å²) in [6.07, 6.45) is 0. The van der Waals surface area contributed by atoms with E-state index in [2.05, 4.69) is 16.4 Å². The minimum Gasteiger partial charge on any atom is -0.487 e. The van der Waals surface area contributed by atoms with Gasteiger partial charge in [-0.1, -0.05) is 0 Å². The molecule has 0 aliphatic rings. The Kier molecular flexibility index (Phi) is 3.54. The van der Waals surface area contributed by atoms with Gasteiger partial charge >= 0.3 is 0 Å². The highest BCUT2D eigenvalue weighted by Gasteiger charge is 2.04. The van der Waals surface area contributed by atoms with Crippen LogP contribution in [0.1, 0.15) is 17.0 Å². The van der Waals surface area contributed by atoms with Crippen LogP contribution >= 0.6 is 11.3 Å². The third-order valence-corrected chi connectivity index (χ3v) is 2.97. The van der Waals surface area contributed by atoms with Gasteiger partial charge in [0.05, 0.1) is 5.69 Å². The topological polar surface area (TPSA) is 48.1 Å². The molecule has 0 bridgehead atoms. The van der Waals surface area contributed by atoms with E-state index < -0.39 is 0 Å². The van der Waals surface area contributed by atoms with Gasteiger partial charge in [-0.05, 0) is 41.4 Å². The van der Waals surface area contributed by atoms with E-state index in [-0.39, 0.29) is 0 Å². The van der Waals surface area contributed by atoms with Crippen LogP contribution in [0.3, 0.4) is 0 Å². The summed E-state index contributed by atoms with van der Waals surface area (Å²) in [6.45, 7) is 2.92. The van der Waals surface area contributed by atoms with Gasteiger partial charge in [-0.3, -0.25) is 4.98 Å². The van der Waals surface area contributed by atoms with Crippen LogP contribution in [0.5, 0.6) is 5.75 Å². The van der Waals surface area contributed by atoms with Crippen molar-refractivity contribution in [2.24, 2.45) is 5.73 Å². The van der Waals surface area contributed by atoms with Crippen molar-refractivity contribution in [1.82, 2.24) is 4.98 Å². The Bertz CT molecular complexity index is 454. The first-order valence-electron chi connectivity index (χ1n) is 5.10. The smallest absolute Gasteiger partial charge is 0.142 e. The number of hydrogen-bond donors (Lipinski definition) is 1. The Morgan fingerprint density at radius 2 is 2.25 bits per heavy atom. The Hall–Kier alpha value is -1.39. The van der Waals surface area contributed by atoms with E-state index in [1.54, 1.807) is 11.3 Å². The number of ether oxygens (including phenoxy) is 1. The van der Waals surface area contributed by atoms with Gasteiger partial charge in [0.15, 0.2) is 0 Å². The van der Waals surface area contributed by atoms with Crippen molar-refractivity contribution >= 4 is 11.3 Å². The van der Waals surface area contributed by atoms with Gasteiger partial charge in [0.25, 0.3) is 0 Å². The lowest BCUT2D eigenvalue weighted by atomic mass is 10.3. The number of thiophene rings is 1. The van der Waals surface area contributed by atoms with Gasteiger partial charge < -0.3 is 10.5 Å². The number of nitrogens with two attached hydrogens (primary N) is 1. The predicted octanol–water partition coefficient (Wildman–Crippen LogP) is 2.49. The Morgan fingerprint density at radius 3 is 2.94 bits per heavy atom. The van der Waals surface area contributed by atoms with E-state index in [1.165, 1.54) is 5.56 Å². The standard InChI is InChI=1S/C12H14N2OS/c1-9-2-3-12(11(6-13)14-9)15-7-10-4-5-16-8-10/h2-5,8H,6-7,13H2,1H3. The number of nitrogens with zero attached hydrogens (tertiary/aromatic N) is 1. The first-order chi connectivity index (χ1) is 7.79. The molecule has 2 rings (SSSR count). The molecule has 2 heterocycles. The zero-order valence-corrected chi connectivity index (χ0v) is 9.96. The summed E-state index contributed by atoms with van der Waals surface area (Å²) in [4.78, 5) is 4.34. The number of aromatic nitrogens is 1. The molecule has 2 aromatic rings. The number of pyridine rings is 1. The van der Waals surface area contributed by atoms with E-state index in [1.807, 2.05) is 24.4 Å². The summed E-state index contributed by atoms with van der Waals surface area (Å²) >= 11 is 1.67. The molecule has 2 aromatic heterocycles. The molecule has 0 saturated carbocycles. The number of hydrogen-bond acceptors (Lipinski definition) is 4. The zero-order valence-electron chi connectivity index (χ0n) is 9.14. The minimum absolute atomic E-state index is 0.403. The maximum atomic E-state index is 5.69. The second kappa shape index (κ2) is 5.09. The Morgan fingerprint density at radius 1 is 1.38 bits per heavy atom. The largest absolute Gasteiger partial charge is 0.487 e. The highest BCUT2D eigenvalue weighted by molar-refractivity contribution is 7.07. The van der Waals surface area contributed by atoms with Crippen molar-refractivity contribution in [2.75, 3.05) is 0 Å². The van der Waals surface area contributed by atoms with Gasteiger partial charge in [0, 0.05) is 12.2 Å². The van der Waals surface area contributed by atoms with Crippen molar-refractivity contribution < 1.29 is 4.74 Å². The van der Waals surface area contributed by atoms with Crippen molar-refractivity contribution in [3.8, 4) is 5.75 Å². The van der Waals surface area contributed by atoms with Crippen LogP contribution in [0.25, 0.3) is 0 Å². The van der Waals surface area contributed by atoms with Crippen LogP contribution in [0, 0.1) is 6.92 Å². The highest BCUT2D eigenvalue weighted by atomic mass is 32.1. The molecule has 3 nitrogen and oxygen atoms in total. The van der Waals surface area contributed by atoms with Crippen LogP contribution < -0.4 is 10.5 Å². The predicted molar refractivity (Wildman–Crippen MR) is 65.5 cm³/mol. The fourth-order valence-electron chi connectivity index (χ4n) is 1.41. The van der Waals surface area contributed by atoms with E-state index in [0.717, 1.165) is 17.1 Å². The molecule has 0 spiro atoms. The van der Waals surface area contributed by atoms with Crippen LogP contribution in [0.4, 0.5) is 0 Å². The van der Waals surface area contributed by atoms with Gasteiger partial charge in [-0.2, -0.15) is 11.3 Å². The van der Waals surface area contributed by atoms with Crippen LogP contribution in [0.2, 0.25) is 0 Å². The molecule has 0 aliphatic heterocycles. The average molecular weight is 234 g/mol. The molecule has 0 aliphatic carbocycles. The lowest BCUT2D eigenvalue weighted by Gasteiger charge is -2.09. The van der Waals surface area contributed by atoms with E-state index in [9.17, 15) is 0 Å². The van der Waals surface area contributed by atoms with E-state index in [4.69, 9.17) is 10.5 Å². The van der Waals surface area contributed by atoms with Gasteiger partial charge in [0.1, 0.15) is 12.4 Å². The minimum atomic E-state index is 0.403. The average Bonchev–Trinajstić information content (AvgIpc) is 2.80. The monoisotopic (exact) mass is 234 g/mol. The molecule has 0 aromatic carbocycles. The molecule has 0 saturated heterocycles. The number of rotatable bonds is 4. The van der Waals surface area contributed by atoms with Crippen molar-refractivity contribution in [1.29, 1.82) is 0 Å². The van der Waals surface area contributed by atoms with Crippen molar-refractivity contribution in [3.63, 3.8) is 0 Å². The third kappa shape index (κ3) is 2.59. The molecule has 0 amide bonds. The van der Waals surface area contributed by atoms with Crippen LogP contribution in [-0.2, 0) is 13.2 Å². The lowest BCUT2D eigenvalue weighted by molar-refractivity contribution is 0.301. The normalized spacial score (nSPS) is 10.4. The zero-order chi connectivity index (χ0) is 11.4. The second-order valence-electron chi connectivity index (χ2n) is 3.52. The molecule has 0 fully saturated rings. The summed E-state index contributed by atoms with van der Waals surface area (Å²) in [7, 11) is 0. The summed E-state index contributed by atoms with van der Waals surface area (Å²) in [5.74, 6) is 0.777. The summed E-state index contributed by atoms with van der Waals surface area (Å²) < 4.78 is 5.69. The van der Waals surface area contributed by atoms with Crippen molar-refractivity contribution in [3.05, 3.63) is 45.9 Å². The molecule has 0 radical (unpaired) electrons. The van der Waals surface area contributed by atoms with Crippen LogP contribution in [-0.4, -0.2) is 4.98 Å². The molecular formula is C12H14N2OS. The third-order valence-electron chi connectivity index (χ3n) is 2.24. The molecule has 0 unspecified atom stereocenters. The van der Waals surface area contributed by atoms with E-state index in [0.29, 0.717) is 13.2 Å². The molecule has 0 atom stereocenters. The molecule has 84 valence electrons. The Balaban J connectivity index is 2.09. The summed E-state index contributed by atoms with van der Waals surface area (Å²) in [6, 6.07) is 5.91. The second-order valence-corrected chi connectivity index (χ2v) is 4.30. The van der Waals surface area contributed by atoms with Crippen LogP contribution in [0.15, 0.2) is 29.0 Å². The quantitative estimate of drug-likeness (QED) is 0.884. The molecule has 2 N–H and O–H groups in total. The van der Waals surface area contributed by atoms with Crippen molar-refractivity contribution in [2.45, 2.75) is 20.1 Å². The summed E-state index contributed by atoms with van der Waals surface area (Å²) in [5.41, 5.74) is 8.58. The molecular weight excluding hydrogens is 220 g/mol. The first-order valence-corrected chi connectivity index (χ1v) is 6.04. The van der Waals surface area contributed by atoms with Gasteiger partial charge in [-0.25, -0.2) is 0 Å².